The van der Waals surface area contributed by atoms with Crippen LogP contribution in [-0.4, -0.2) is 16.8 Å². The third kappa shape index (κ3) is 4.22. The van der Waals surface area contributed by atoms with Crippen LogP contribution in [0.2, 0.25) is 5.15 Å². The molecule has 0 bridgehead atoms. The number of anilines is 1. The molecule has 2 amide bonds. The third-order valence-corrected chi connectivity index (χ3v) is 5.00. The zero-order valence-corrected chi connectivity index (χ0v) is 15.5. The van der Waals surface area contributed by atoms with Crippen molar-refractivity contribution in [2.75, 3.05) is 5.32 Å². The topological polar surface area (TPSA) is 71.1 Å². The van der Waals surface area contributed by atoms with Gasteiger partial charge in [0.1, 0.15) is 0 Å². The van der Waals surface area contributed by atoms with Crippen LogP contribution in [-0.2, 0) is 22.4 Å². The molecule has 0 radical (unpaired) electrons. The minimum absolute atomic E-state index is 0.148. The van der Waals surface area contributed by atoms with E-state index in [1.165, 1.54) is 30.2 Å². The molecule has 0 saturated carbocycles. The molecule has 6 heteroatoms. The van der Waals surface area contributed by atoms with Crippen molar-refractivity contribution in [3.05, 3.63) is 58.4 Å². The van der Waals surface area contributed by atoms with Crippen LogP contribution in [0.3, 0.4) is 0 Å². The Morgan fingerprint density at radius 1 is 1.15 bits per heavy atom. The molecule has 1 unspecified atom stereocenters. The minimum Gasteiger partial charge on any atom is -0.341 e. The highest BCUT2D eigenvalue weighted by Gasteiger charge is 2.21. The van der Waals surface area contributed by atoms with Crippen LogP contribution in [0.1, 0.15) is 48.9 Å². The number of pyridine rings is 1. The number of nitrogens with one attached hydrogen (secondary N) is 2. The maximum absolute atomic E-state index is 12.3. The van der Waals surface area contributed by atoms with Crippen molar-refractivity contribution < 1.29 is 9.59 Å². The fourth-order valence-corrected chi connectivity index (χ4v) is 3.44. The Balaban J connectivity index is 1.68. The van der Waals surface area contributed by atoms with Gasteiger partial charge in [-0.15, -0.1) is 0 Å². The maximum Gasteiger partial charge on any atom is 0.313 e. The van der Waals surface area contributed by atoms with Gasteiger partial charge in [0, 0.05) is 6.20 Å². The predicted molar refractivity (Wildman–Crippen MR) is 102 cm³/mol. The van der Waals surface area contributed by atoms with Crippen molar-refractivity contribution >= 4 is 29.1 Å². The first kappa shape index (κ1) is 18.4. The lowest BCUT2D eigenvalue weighted by Crippen LogP contribution is -2.37. The van der Waals surface area contributed by atoms with Crippen molar-refractivity contribution in [3.63, 3.8) is 0 Å². The lowest BCUT2D eigenvalue weighted by molar-refractivity contribution is -0.136. The van der Waals surface area contributed by atoms with E-state index >= 15 is 0 Å². The van der Waals surface area contributed by atoms with Crippen molar-refractivity contribution in [2.24, 2.45) is 0 Å². The van der Waals surface area contributed by atoms with Gasteiger partial charge in [-0.25, -0.2) is 4.98 Å². The quantitative estimate of drug-likeness (QED) is 0.634. The fourth-order valence-electron chi connectivity index (χ4n) is 3.27. The van der Waals surface area contributed by atoms with Crippen molar-refractivity contribution in [3.8, 4) is 0 Å². The second-order valence-electron chi connectivity index (χ2n) is 6.47. The number of amides is 2. The standard InChI is InChI=1S/C20H22ClN3O2/c1-2-16(15-10-9-13-6-3-4-7-14(13)12-15)23-19(25)20(26)24-17-8-5-11-22-18(17)21/h5,8-12,16H,2-4,6-7H2,1H3,(H,23,25)(H,24,26). The average molecular weight is 372 g/mol. The summed E-state index contributed by atoms with van der Waals surface area (Å²) in [6.45, 7) is 1.99. The highest BCUT2D eigenvalue weighted by atomic mass is 35.5. The molecule has 2 aromatic rings. The van der Waals surface area contributed by atoms with Crippen LogP contribution in [0.4, 0.5) is 5.69 Å². The second kappa shape index (κ2) is 8.32. The summed E-state index contributed by atoms with van der Waals surface area (Å²) in [6, 6.07) is 9.40. The molecule has 1 heterocycles. The van der Waals surface area contributed by atoms with Crippen LogP contribution in [0, 0.1) is 0 Å². The Kier molecular flexibility index (Phi) is 5.89. The molecule has 0 aliphatic heterocycles. The Morgan fingerprint density at radius 3 is 2.65 bits per heavy atom. The van der Waals surface area contributed by atoms with Gasteiger partial charge in [0.2, 0.25) is 0 Å². The minimum atomic E-state index is -0.753. The molecule has 26 heavy (non-hydrogen) atoms. The number of nitrogens with zero attached hydrogens (tertiary/aromatic N) is 1. The van der Waals surface area contributed by atoms with Crippen LogP contribution in [0.15, 0.2) is 36.5 Å². The van der Waals surface area contributed by atoms with Crippen LogP contribution >= 0.6 is 11.6 Å². The number of aryl methyl sites for hydroxylation is 2. The Morgan fingerprint density at radius 2 is 1.92 bits per heavy atom. The van der Waals surface area contributed by atoms with E-state index in [2.05, 4.69) is 33.8 Å². The summed E-state index contributed by atoms with van der Waals surface area (Å²) in [7, 11) is 0. The van der Waals surface area contributed by atoms with E-state index in [1.54, 1.807) is 12.1 Å². The Hall–Kier alpha value is -2.40. The van der Waals surface area contributed by atoms with Gasteiger partial charge < -0.3 is 10.6 Å². The van der Waals surface area contributed by atoms with E-state index < -0.39 is 11.8 Å². The zero-order chi connectivity index (χ0) is 18.5. The van der Waals surface area contributed by atoms with Crippen molar-refractivity contribution in [1.82, 2.24) is 10.3 Å². The lowest BCUT2D eigenvalue weighted by atomic mass is 9.89. The SMILES string of the molecule is CCC(NC(=O)C(=O)Nc1cccnc1Cl)c1ccc2c(c1)CCCC2. The van der Waals surface area contributed by atoms with E-state index in [9.17, 15) is 9.59 Å². The van der Waals surface area contributed by atoms with E-state index in [1.807, 2.05) is 6.92 Å². The summed E-state index contributed by atoms with van der Waals surface area (Å²) in [5.41, 5.74) is 4.10. The van der Waals surface area contributed by atoms with Gasteiger partial charge in [0.05, 0.1) is 11.7 Å². The summed E-state index contributed by atoms with van der Waals surface area (Å²) < 4.78 is 0. The zero-order valence-electron chi connectivity index (χ0n) is 14.7. The molecule has 1 aliphatic carbocycles. The summed E-state index contributed by atoms with van der Waals surface area (Å²) in [6.07, 6.45) is 6.85. The Bertz CT molecular complexity index is 822. The molecule has 2 N–H and O–H groups in total. The van der Waals surface area contributed by atoms with Crippen molar-refractivity contribution in [1.29, 1.82) is 0 Å². The van der Waals surface area contributed by atoms with Crippen molar-refractivity contribution in [2.45, 2.75) is 45.1 Å². The number of rotatable bonds is 4. The molecule has 1 aromatic carbocycles. The van der Waals surface area contributed by atoms with Crippen LogP contribution in [0.5, 0.6) is 0 Å². The van der Waals surface area contributed by atoms with Gasteiger partial charge in [0.25, 0.3) is 0 Å². The summed E-state index contributed by atoms with van der Waals surface area (Å²) in [4.78, 5) is 28.4. The molecular weight excluding hydrogens is 350 g/mol. The first-order valence-electron chi connectivity index (χ1n) is 8.92. The molecule has 0 fully saturated rings. The summed E-state index contributed by atoms with van der Waals surface area (Å²) in [5.74, 6) is -1.44. The first-order valence-corrected chi connectivity index (χ1v) is 9.30. The number of carbonyl (C=O) groups is 2. The number of aromatic nitrogens is 1. The van der Waals surface area contributed by atoms with Crippen LogP contribution < -0.4 is 10.6 Å². The molecule has 136 valence electrons. The number of carbonyl (C=O) groups excluding carboxylic acids is 2. The van der Waals surface area contributed by atoms with Gasteiger partial charge in [-0.1, -0.05) is 36.7 Å². The molecule has 1 aromatic heterocycles. The smallest absolute Gasteiger partial charge is 0.313 e. The predicted octanol–water partition coefficient (Wildman–Crippen LogP) is 3.82. The first-order chi connectivity index (χ1) is 12.6. The maximum atomic E-state index is 12.3. The Labute approximate surface area is 158 Å². The monoisotopic (exact) mass is 371 g/mol. The lowest BCUT2D eigenvalue weighted by Gasteiger charge is -2.21. The highest BCUT2D eigenvalue weighted by molar-refractivity contribution is 6.41. The second-order valence-corrected chi connectivity index (χ2v) is 6.82. The molecule has 3 rings (SSSR count). The summed E-state index contributed by atoms with van der Waals surface area (Å²) >= 11 is 5.91. The van der Waals surface area contributed by atoms with Gasteiger partial charge in [-0.05, 0) is 60.9 Å². The van der Waals surface area contributed by atoms with Crippen LogP contribution in [0.25, 0.3) is 0 Å². The van der Waals surface area contributed by atoms with Gasteiger partial charge in [-0.3, -0.25) is 9.59 Å². The molecular formula is C20H22ClN3O2. The average Bonchev–Trinajstić information content (AvgIpc) is 2.67. The highest BCUT2D eigenvalue weighted by Crippen LogP contribution is 2.26. The third-order valence-electron chi connectivity index (χ3n) is 4.70. The molecule has 1 atom stereocenters. The molecule has 0 saturated heterocycles. The number of hydrogen-bond acceptors (Lipinski definition) is 3. The number of hydrogen-bond donors (Lipinski definition) is 2. The largest absolute Gasteiger partial charge is 0.341 e. The van der Waals surface area contributed by atoms with E-state index in [0.29, 0.717) is 12.1 Å². The summed E-state index contributed by atoms with van der Waals surface area (Å²) in [5, 5.41) is 5.46. The number of fused-ring (bicyclic) bond motifs is 1. The molecule has 0 spiro atoms. The normalized spacial score (nSPS) is 14.2. The van der Waals surface area contributed by atoms with E-state index in [4.69, 9.17) is 11.6 Å². The van der Waals surface area contributed by atoms with Gasteiger partial charge in [0.15, 0.2) is 5.15 Å². The molecule has 1 aliphatic rings. The van der Waals surface area contributed by atoms with Gasteiger partial charge in [-0.2, -0.15) is 0 Å². The van der Waals surface area contributed by atoms with E-state index in [0.717, 1.165) is 18.4 Å². The van der Waals surface area contributed by atoms with Gasteiger partial charge >= 0.3 is 11.8 Å². The van der Waals surface area contributed by atoms with E-state index in [-0.39, 0.29) is 11.2 Å². The number of halogens is 1. The molecule has 5 nitrogen and oxygen atoms in total. The fraction of sp³-hybridized carbons (Fsp3) is 0.350. The number of benzene rings is 1.